The number of rotatable bonds is 5. The van der Waals surface area contributed by atoms with Crippen molar-refractivity contribution in [1.29, 1.82) is 0 Å². The number of hydrogen-bond donors (Lipinski definition) is 0. The van der Waals surface area contributed by atoms with Crippen LogP contribution in [0.4, 0.5) is 0 Å². The summed E-state index contributed by atoms with van der Waals surface area (Å²) in [6.45, 7) is 0. The van der Waals surface area contributed by atoms with Crippen molar-refractivity contribution >= 4 is 34.4 Å². The molecule has 0 aromatic heterocycles. The van der Waals surface area contributed by atoms with Gasteiger partial charge in [0.2, 0.25) is 0 Å². The summed E-state index contributed by atoms with van der Waals surface area (Å²) in [4.78, 5) is 13.4. The Morgan fingerprint density at radius 3 is 2.38 bits per heavy atom. The van der Waals surface area contributed by atoms with Crippen LogP contribution in [0.2, 0.25) is 0 Å². The minimum Gasteiger partial charge on any atom is -0.497 e. The highest BCUT2D eigenvalue weighted by molar-refractivity contribution is 7.98. The lowest BCUT2D eigenvalue weighted by Crippen LogP contribution is -1.93. The minimum atomic E-state index is 0.0116. The van der Waals surface area contributed by atoms with E-state index in [2.05, 4.69) is 6.07 Å². The van der Waals surface area contributed by atoms with Crippen LogP contribution >= 0.6 is 11.8 Å². The van der Waals surface area contributed by atoms with E-state index < -0.39 is 0 Å². The van der Waals surface area contributed by atoms with Crippen molar-refractivity contribution in [1.82, 2.24) is 0 Å². The molecule has 120 valence electrons. The monoisotopic (exact) mass is 334 g/mol. The number of ketones is 1. The van der Waals surface area contributed by atoms with Crippen molar-refractivity contribution in [2.45, 2.75) is 4.90 Å². The predicted molar refractivity (Wildman–Crippen MR) is 102 cm³/mol. The Morgan fingerprint density at radius 2 is 1.67 bits per heavy atom. The molecule has 0 fully saturated rings. The van der Waals surface area contributed by atoms with Gasteiger partial charge in [0.05, 0.1) is 7.11 Å². The Hall–Kier alpha value is -2.52. The lowest BCUT2D eigenvalue weighted by Gasteiger charge is -2.03. The van der Waals surface area contributed by atoms with Crippen LogP contribution in [0, 0.1) is 0 Å². The lowest BCUT2D eigenvalue weighted by atomic mass is 10.1. The molecule has 2 nitrogen and oxygen atoms in total. The largest absolute Gasteiger partial charge is 0.497 e. The summed E-state index contributed by atoms with van der Waals surface area (Å²) in [6, 6.07) is 19.7. The van der Waals surface area contributed by atoms with Gasteiger partial charge in [-0.3, -0.25) is 4.79 Å². The molecule has 3 rings (SSSR count). The Morgan fingerprint density at radius 1 is 0.958 bits per heavy atom. The molecule has 3 heteroatoms. The number of thioether (sulfide) groups is 1. The molecule has 24 heavy (non-hydrogen) atoms. The zero-order valence-electron chi connectivity index (χ0n) is 13.7. The second-order valence-electron chi connectivity index (χ2n) is 5.40. The number of ether oxygens (including phenoxy) is 1. The molecule has 0 aliphatic rings. The molecular formula is C21H18O2S. The average Bonchev–Trinajstić information content (AvgIpc) is 2.65. The molecule has 0 radical (unpaired) electrons. The van der Waals surface area contributed by atoms with Crippen molar-refractivity contribution in [3.63, 3.8) is 0 Å². The second-order valence-corrected chi connectivity index (χ2v) is 6.28. The van der Waals surface area contributed by atoms with Crippen molar-refractivity contribution in [2.24, 2.45) is 0 Å². The fourth-order valence-corrected chi connectivity index (χ4v) is 2.90. The summed E-state index contributed by atoms with van der Waals surface area (Å²) in [7, 11) is 1.66. The molecule has 3 aromatic carbocycles. The molecule has 0 bridgehead atoms. The zero-order chi connectivity index (χ0) is 16.9. The molecule has 0 aliphatic carbocycles. The van der Waals surface area contributed by atoms with E-state index in [4.69, 9.17) is 4.74 Å². The van der Waals surface area contributed by atoms with Gasteiger partial charge in [-0.25, -0.2) is 0 Å². The average molecular weight is 334 g/mol. The van der Waals surface area contributed by atoms with Crippen LogP contribution in [0.25, 0.3) is 16.8 Å². The second kappa shape index (κ2) is 7.37. The van der Waals surface area contributed by atoms with Gasteiger partial charge in [0.1, 0.15) is 5.75 Å². The van der Waals surface area contributed by atoms with Gasteiger partial charge in [-0.2, -0.15) is 0 Å². The Balaban J connectivity index is 1.80. The molecule has 0 atom stereocenters. The molecular weight excluding hydrogens is 316 g/mol. The van der Waals surface area contributed by atoms with Crippen LogP contribution in [-0.4, -0.2) is 19.1 Å². The first-order chi connectivity index (χ1) is 11.7. The van der Waals surface area contributed by atoms with Crippen LogP contribution in [-0.2, 0) is 0 Å². The van der Waals surface area contributed by atoms with Gasteiger partial charge < -0.3 is 4.74 Å². The molecule has 0 saturated carbocycles. The van der Waals surface area contributed by atoms with Gasteiger partial charge in [0.25, 0.3) is 0 Å². The Kier molecular flexibility index (Phi) is 5.02. The SMILES string of the molecule is COc1ccc2cc(C=CC(=O)c3ccc(SC)cc3)ccc2c1. The third-order valence-electron chi connectivity index (χ3n) is 3.87. The van der Waals surface area contributed by atoms with Gasteiger partial charge in [0.15, 0.2) is 5.78 Å². The van der Waals surface area contributed by atoms with E-state index >= 15 is 0 Å². The molecule has 3 aromatic rings. The van der Waals surface area contributed by atoms with Crippen LogP contribution in [0.1, 0.15) is 15.9 Å². The number of carbonyl (C=O) groups is 1. The maximum absolute atomic E-state index is 12.3. The minimum absolute atomic E-state index is 0.0116. The van der Waals surface area contributed by atoms with Crippen LogP contribution in [0.3, 0.4) is 0 Å². The fourth-order valence-electron chi connectivity index (χ4n) is 2.50. The van der Waals surface area contributed by atoms with Gasteiger partial charge in [0, 0.05) is 10.5 Å². The molecule has 0 amide bonds. The van der Waals surface area contributed by atoms with Gasteiger partial charge in [-0.05, 0) is 71.1 Å². The molecule has 0 saturated heterocycles. The first kappa shape index (κ1) is 16.3. The topological polar surface area (TPSA) is 26.3 Å². The molecule has 0 spiro atoms. The standard InChI is InChI=1S/C21H18O2S/c1-23-19-9-6-17-13-15(3-5-18(17)14-19)4-12-21(22)16-7-10-20(24-2)11-8-16/h3-14H,1-2H3. The number of fused-ring (bicyclic) bond motifs is 1. The number of methoxy groups -OCH3 is 1. The van der Waals surface area contributed by atoms with Crippen molar-refractivity contribution in [2.75, 3.05) is 13.4 Å². The van der Waals surface area contributed by atoms with E-state index in [-0.39, 0.29) is 5.78 Å². The number of allylic oxidation sites excluding steroid dienone is 1. The van der Waals surface area contributed by atoms with Gasteiger partial charge >= 0.3 is 0 Å². The first-order valence-electron chi connectivity index (χ1n) is 7.64. The molecule has 0 N–H and O–H groups in total. The smallest absolute Gasteiger partial charge is 0.185 e. The normalized spacial score (nSPS) is 11.1. The maximum Gasteiger partial charge on any atom is 0.185 e. The van der Waals surface area contributed by atoms with E-state index in [0.717, 1.165) is 27.0 Å². The number of carbonyl (C=O) groups excluding carboxylic acids is 1. The van der Waals surface area contributed by atoms with Crippen LogP contribution in [0.5, 0.6) is 5.75 Å². The third-order valence-corrected chi connectivity index (χ3v) is 4.62. The molecule has 0 heterocycles. The number of benzene rings is 3. The highest BCUT2D eigenvalue weighted by Crippen LogP contribution is 2.22. The summed E-state index contributed by atoms with van der Waals surface area (Å²) >= 11 is 1.66. The lowest BCUT2D eigenvalue weighted by molar-refractivity contribution is 0.104. The summed E-state index contributed by atoms with van der Waals surface area (Å²) in [5.41, 5.74) is 1.70. The Bertz CT molecular complexity index is 895. The van der Waals surface area contributed by atoms with Crippen LogP contribution in [0.15, 0.2) is 71.6 Å². The van der Waals surface area contributed by atoms with E-state index in [0.29, 0.717) is 5.56 Å². The van der Waals surface area contributed by atoms with Gasteiger partial charge in [-0.15, -0.1) is 11.8 Å². The van der Waals surface area contributed by atoms with Crippen molar-refractivity contribution in [3.05, 3.63) is 77.9 Å². The molecule has 0 aliphatic heterocycles. The number of hydrogen-bond acceptors (Lipinski definition) is 3. The Labute approximate surface area is 146 Å². The van der Waals surface area contributed by atoms with E-state index in [1.165, 1.54) is 0 Å². The van der Waals surface area contributed by atoms with Crippen LogP contribution < -0.4 is 4.74 Å². The fraction of sp³-hybridized carbons (Fsp3) is 0.0952. The quantitative estimate of drug-likeness (QED) is 0.352. The predicted octanol–water partition coefficient (Wildman–Crippen LogP) is 5.47. The third kappa shape index (κ3) is 3.69. The van der Waals surface area contributed by atoms with E-state index in [9.17, 15) is 4.79 Å². The maximum atomic E-state index is 12.3. The zero-order valence-corrected chi connectivity index (χ0v) is 14.5. The summed E-state index contributed by atoms with van der Waals surface area (Å²) in [5, 5.41) is 2.24. The highest BCUT2D eigenvalue weighted by Gasteiger charge is 2.02. The van der Waals surface area contributed by atoms with E-state index in [1.54, 1.807) is 24.9 Å². The van der Waals surface area contributed by atoms with Gasteiger partial charge in [-0.1, -0.05) is 24.3 Å². The highest BCUT2D eigenvalue weighted by atomic mass is 32.2. The van der Waals surface area contributed by atoms with Crippen molar-refractivity contribution < 1.29 is 9.53 Å². The molecule has 0 unspecified atom stereocenters. The summed E-state index contributed by atoms with van der Waals surface area (Å²) in [5.74, 6) is 0.854. The summed E-state index contributed by atoms with van der Waals surface area (Å²) in [6.07, 6.45) is 5.50. The van der Waals surface area contributed by atoms with Crippen molar-refractivity contribution in [3.8, 4) is 5.75 Å². The van der Waals surface area contributed by atoms with E-state index in [1.807, 2.05) is 66.9 Å². The summed E-state index contributed by atoms with van der Waals surface area (Å²) < 4.78 is 5.24. The first-order valence-corrected chi connectivity index (χ1v) is 8.86.